The van der Waals surface area contributed by atoms with E-state index in [0.717, 1.165) is 24.8 Å². The van der Waals surface area contributed by atoms with Crippen molar-refractivity contribution in [2.75, 3.05) is 13.7 Å². The van der Waals surface area contributed by atoms with Gasteiger partial charge in [-0.25, -0.2) is 0 Å². The average Bonchev–Trinajstić information content (AvgIpc) is 3.09. The highest BCUT2D eigenvalue weighted by Gasteiger charge is 2.19. The van der Waals surface area contributed by atoms with E-state index in [4.69, 9.17) is 4.74 Å². The van der Waals surface area contributed by atoms with Gasteiger partial charge in [-0.15, -0.1) is 0 Å². The lowest BCUT2D eigenvalue weighted by molar-refractivity contribution is 0.414. The number of nitrogens with one attached hydrogen (secondary N) is 1. The zero-order valence-corrected chi connectivity index (χ0v) is 9.33. The Labute approximate surface area is 91.6 Å². The number of rotatable bonds is 6. The van der Waals surface area contributed by atoms with Crippen molar-refractivity contribution in [1.82, 2.24) is 5.32 Å². The highest BCUT2D eigenvalue weighted by Crippen LogP contribution is 2.31. The fourth-order valence-electron chi connectivity index (χ4n) is 1.69. The molecule has 1 aromatic carbocycles. The van der Waals surface area contributed by atoms with Crippen molar-refractivity contribution >= 4 is 0 Å². The number of ether oxygens (including phenoxy) is 1. The van der Waals surface area contributed by atoms with Crippen LogP contribution in [-0.4, -0.2) is 13.7 Å². The lowest BCUT2D eigenvalue weighted by Crippen LogP contribution is -2.14. The van der Waals surface area contributed by atoms with E-state index in [2.05, 4.69) is 17.4 Å². The number of hydrogen-bond donors (Lipinski definition) is 1. The average molecular weight is 205 g/mol. The lowest BCUT2D eigenvalue weighted by Gasteiger charge is -2.05. The van der Waals surface area contributed by atoms with Crippen LogP contribution >= 0.6 is 0 Å². The first-order chi connectivity index (χ1) is 7.38. The van der Waals surface area contributed by atoms with Gasteiger partial charge in [-0.2, -0.15) is 0 Å². The predicted molar refractivity (Wildman–Crippen MR) is 62.0 cm³/mol. The molecule has 1 aliphatic rings. The van der Waals surface area contributed by atoms with E-state index in [1.165, 1.54) is 24.8 Å². The fourth-order valence-corrected chi connectivity index (χ4v) is 1.69. The monoisotopic (exact) mass is 205 g/mol. The van der Waals surface area contributed by atoms with Gasteiger partial charge >= 0.3 is 0 Å². The molecule has 1 N–H and O–H groups in total. The summed E-state index contributed by atoms with van der Waals surface area (Å²) in [6, 6.07) is 8.25. The Hall–Kier alpha value is -1.02. The molecule has 1 saturated carbocycles. The Morgan fingerprint density at radius 2 is 2.00 bits per heavy atom. The highest BCUT2D eigenvalue weighted by atomic mass is 16.5. The number of methoxy groups -OCH3 is 1. The quantitative estimate of drug-likeness (QED) is 0.721. The van der Waals surface area contributed by atoms with E-state index in [1.807, 2.05) is 12.1 Å². The van der Waals surface area contributed by atoms with Crippen molar-refractivity contribution in [2.45, 2.75) is 25.8 Å². The van der Waals surface area contributed by atoms with Gasteiger partial charge < -0.3 is 10.1 Å². The minimum absolute atomic E-state index is 0.928. The van der Waals surface area contributed by atoms with Gasteiger partial charge in [-0.05, 0) is 36.6 Å². The molecule has 0 saturated heterocycles. The molecule has 0 spiro atoms. The molecule has 15 heavy (non-hydrogen) atoms. The fraction of sp³-hybridized carbons (Fsp3) is 0.538. The molecule has 0 unspecified atom stereocenters. The van der Waals surface area contributed by atoms with Crippen LogP contribution in [0.4, 0.5) is 0 Å². The maximum atomic E-state index is 5.11. The summed E-state index contributed by atoms with van der Waals surface area (Å²) in [6.45, 7) is 2.12. The number of benzene rings is 1. The first kappa shape index (κ1) is 10.5. The summed E-state index contributed by atoms with van der Waals surface area (Å²) in [7, 11) is 1.70. The van der Waals surface area contributed by atoms with Gasteiger partial charge in [0, 0.05) is 6.54 Å². The van der Waals surface area contributed by atoms with E-state index in [0.29, 0.717) is 0 Å². The smallest absolute Gasteiger partial charge is 0.118 e. The van der Waals surface area contributed by atoms with Crippen molar-refractivity contribution in [3.8, 4) is 5.75 Å². The Bertz CT molecular complexity index is 290. The summed E-state index contributed by atoms with van der Waals surface area (Å²) in [5, 5.41) is 3.47. The summed E-state index contributed by atoms with van der Waals surface area (Å²) < 4.78 is 5.11. The first-order valence-electron chi connectivity index (χ1n) is 5.72. The van der Waals surface area contributed by atoms with Gasteiger partial charge in [0.2, 0.25) is 0 Å². The highest BCUT2D eigenvalue weighted by molar-refractivity contribution is 5.26. The molecule has 2 rings (SSSR count). The topological polar surface area (TPSA) is 21.3 Å². The molecule has 0 heterocycles. The molecule has 82 valence electrons. The maximum Gasteiger partial charge on any atom is 0.118 e. The number of hydrogen-bond acceptors (Lipinski definition) is 2. The Morgan fingerprint density at radius 1 is 1.27 bits per heavy atom. The standard InChI is InChI=1S/C13H19NO/c1-15-13-6-4-12(5-7-13)10-14-9-8-11-2-3-11/h4-7,11,14H,2-3,8-10H2,1H3. The molecule has 0 amide bonds. The van der Waals surface area contributed by atoms with Gasteiger partial charge in [0.1, 0.15) is 5.75 Å². The van der Waals surface area contributed by atoms with Crippen LogP contribution in [0.15, 0.2) is 24.3 Å². The second kappa shape index (κ2) is 5.17. The Balaban J connectivity index is 1.67. The van der Waals surface area contributed by atoms with E-state index in [-0.39, 0.29) is 0 Å². The van der Waals surface area contributed by atoms with Crippen molar-refractivity contribution in [2.24, 2.45) is 5.92 Å². The van der Waals surface area contributed by atoms with Gasteiger partial charge in [-0.1, -0.05) is 25.0 Å². The van der Waals surface area contributed by atoms with Gasteiger partial charge in [0.25, 0.3) is 0 Å². The van der Waals surface area contributed by atoms with Crippen LogP contribution in [0.1, 0.15) is 24.8 Å². The van der Waals surface area contributed by atoms with E-state index in [1.54, 1.807) is 7.11 Å². The molecule has 1 aliphatic carbocycles. The molecule has 0 aliphatic heterocycles. The van der Waals surface area contributed by atoms with Crippen molar-refractivity contribution in [1.29, 1.82) is 0 Å². The first-order valence-corrected chi connectivity index (χ1v) is 5.72. The minimum Gasteiger partial charge on any atom is -0.497 e. The molecule has 0 bridgehead atoms. The van der Waals surface area contributed by atoms with Crippen LogP contribution in [0, 0.1) is 5.92 Å². The summed E-state index contributed by atoms with van der Waals surface area (Å²) in [4.78, 5) is 0. The van der Waals surface area contributed by atoms with E-state index in [9.17, 15) is 0 Å². The van der Waals surface area contributed by atoms with Crippen LogP contribution in [0.3, 0.4) is 0 Å². The minimum atomic E-state index is 0.928. The molecule has 2 nitrogen and oxygen atoms in total. The third-order valence-electron chi connectivity index (χ3n) is 2.91. The Morgan fingerprint density at radius 3 is 2.60 bits per heavy atom. The van der Waals surface area contributed by atoms with Crippen molar-refractivity contribution < 1.29 is 4.74 Å². The van der Waals surface area contributed by atoms with E-state index >= 15 is 0 Å². The molecule has 1 aromatic rings. The molecule has 0 aromatic heterocycles. The van der Waals surface area contributed by atoms with Gasteiger partial charge in [0.05, 0.1) is 7.11 Å². The maximum absolute atomic E-state index is 5.11. The Kier molecular flexibility index (Phi) is 3.62. The lowest BCUT2D eigenvalue weighted by atomic mass is 10.2. The van der Waals surface area contributed by atoms with Crippen LogP contribution in [0.5, 0.6) is 5.75 Å². The van der Waals surface area contributed by atoms with Gasteiger partial charge in [-0.3, -0.25) is 0 Å². The SMILES string of the molecule is COc1ccc(CNCCC2CC2)cc1. The van der Waals surface area contributed by atoms with Crippen molar-refractivity contribution in [3.05, 3.63) is 29.8 Å². The second-order valence-corrected chi connectivity index (χ2v) is 4.26. The summed E-state index contributed by atoms with van der Waals surface area (Å²) >= 11 is 0. The van der Waals surface area contributed by atoms with Crippen molar-refractivity contribution in [3.63, 3.8) is 0 Å². The molecular formula is C13H19NO. The largest absolute Gasteiger partial charge is 0.497 e. The normalized spacial score (nSPS) is 15.3. The van der Waals surface area contributed by atoms with E-state index < -0.39 is 0 Å². The third kappa shape index (κ3) is 3.56. The van der Waals surface area contributed by atoms with Crippen LogP contribution in [0.25, 0.3) is 0 Å². The van der Waals surface area contributed by atoms with Crippen LogP contribution in [0.2, 0.25) is 0 Å². The van der Waals surface area contributed by atoms with Crippen LogP contribution < -0.4 is 10.1 Å². The molecule has 1 fully saturated rings. The zero-order chi connectivity index (χ0) is 10.5. The molecule has 0 atom stereocenters. The molecule has 2 heteroatoms. The summed E-state index contributed by atoms with van der Waals surface area (Å²) in [6.07, 6.45) is 4.24. The summed E-state index contributed by atoms with van der Waals surface area (Å²) in [5.41, 5.74) is 1.33. The third-order valence-corrected chi connectivity index (χ3v) is 2.91. The predicted octanol–water partition coefficient (Wildman–Crippen LogP) is 2.58. The molecule has 0 radical (unpaired) electrons. The van der Waals surface area contributed by atoms with Crippen LogP contribution in [-0.2, 0) is 6.54 Å². The van der Waals surface area contributed by atoms with Gasteiger partial charge in [0.15, 0.2) is 0 Å². The second-order valence-electron chi connectivity index (χ2n) is 4.26. The zero-order valence-electron chi connectivity index (χ0n) is 9.33. The molecular weight excluding hydrogens is 186 g/mol. The summed E-state index contributed by atoms with van der Waals surface area (Å²) in [5.74, 6) is 1.95.